The number of carboxylic acid groups (broad SMARTS) is 1. The lowest BCUT2D eigenvalue weighted by Gasteiger charge is -2.08. The summed E-state index contributed by atoms with van der Waals surface area (Å²) >= 11 is 5.82. The molecule has 1 aromatic carbocycles. The topological polar surface area (TPSA) is 105 Å². The average molecular weight is 299 g/mol. The number of hydrogen-bond donors (Lipinski definition) is 3. The summed E-state index contributed by atoms with van der Waals surface area (Å²) in [5.74, 6) is -1.78. The number of amides is 3. The van der Waals surface area contributed by atoms with Gasteiger partial charge in [-0.2, -0.15) is 0 Å². The van der Waals surface area contributed by atoms with E-state index in [-0.39, 0.29) is 0 Å². The minimum Gasteiger partial charge on any atom is -0.495 e. The number of halogens is 1. The third kappa shape index (κ3) is 4.99. The zero-order valence-corrected chi connectivity index (χ0v) is 11.1. The van der Waals surface area contributed by atoms with E-state index in [4.69, 9.17) is 21.4 Å². The fraction of sp³-hybridized carbons (Fsp3) is 0.0833. The Hall–Kier alpha value is -2.54. The van der Waals surface area contributed by atoms with Crippen LogP contribution in [0.4, 0.5) is 10.5 Å². The fourth-order valence-corrected chi connectivity index (χ4v) is 1.40. The largest absolute Gasteiger partial charge is 0.495 e. The first kappa shape index (κ1) is 15.5. The Morgan fingerprint density at radius 2 is 2.00 bits per heavy atom. The molecule has 0 aliphatic carbocycles. The summed E-state index contributed by atoms with van der Waals surface area (Å²) in [6, 6.07) is 3.69. The van der Waals surface area contributed by atoms with Crippen molar-refractivity contribution in [3.05, 3.63) is 35.4 Å². The molecule has 20 heavy (non-hydrogen) atoms. The number of aliphatic carboxylic acids is 1. The number of hydrogen-bond acceptors (Lipinski definition) is 4. The molecule has 0 fully saturated rings. The zero-order chi connectivity index (χ0) is 15.1. The maximum Gasteiger partial charge on any atom is 0.328 e. The molecule has 8 heteroatoms. The van der Waals surface area contributed by atoms with E-state index in [9.17, 15) is 14.4 Å². The minimum atomic E-state index is -1.29. The Kier molecular flexibility index (Phi) is 5.55. The molecule has 0 aliphatic heterocycles. The normalized spacial score (nSPS) is 10.1. The van der Waals surface area contributed by atoms with Gasteiger partial charge in [0.15, 0.2) is 0 Å². The molecule has 0 bridgehead atoms. The minimum absolute atomic E-state index is 0.360. The lowest BCUT2D eigenvalue weighted by molar-refractivity contribution is -0.131. The van der Waals surface area contributed by atoms with Crippen molar-refractivity contribution in [1.82, 2.24) is 5.32 Å². The molecule has 0 spiro atoms. The van der Waals surface area contributed by atoms with Crippen molar-refractivity contribution in [2.45, 2.75) is 0 Å². The quantitative estimate of drug-likeness (QED) is 0.733. The second-order valence-electron chi connectivity index (χ2n) is 3.46. The van der Waals surface area contributed by atoms with Crippen LogP contribution < -0.4 is 15.4 Å². The molecule has 0 unspecified atom stereocenters. The SMILES string of the molecule is COc1cc(NC(=O)NC(=O)/C=C/C(=O)O)ccc1Cl. The molecule has 0 radical (unpaired) electrons. The van der Waals surface area contributed by atoms with Crippen molar-refractivity contribution in [2.24, 2.45) is 0 Å². The molecule has 0 heterocycles. The molecule has 7 nitrogen and oxygen atoms in total. The Labute approximate surface area is 119 Å². The predicted octanol–water partition coefficient (Wildman–Crippen LogP) is 1.64. The molecule has 106 valence electrons. The summed E-state index contributed by atoms with van der Waals surface area (Å²) in [6.45, 7) is 0. The van der Waals surface area contributed by atoms with E-state index in [2.05, 4.69) is 5.32 Å². The molecule has 3 amide bonds. The van der Waals surface area contributed by atoms with E-state index in [0.717, 1.165) is 6.08 Å². The third-order valence-corrected chi connectivity index (χ3v) is 2.34. The number of methoxy groups -OCH3 is 1. The molecule has 0 aromatic heterocycles. The van der Waals surface area contributed by atoms with Crippen LogP contribution in [-0.4, -0.2) is 30.1 Å². The number of benzene rings is 1. The van der Waals surface area contributed by atoms with Gasteiger partial charge in [-0.25, -0.2) is 9.59 Å². The summed E-state index contributed by atoms with van der Waals surface area (Å²) in [7, 11) is 1.42. The number of carbonyl (C=O) groups excluding carboxylic acids is 2. The highest BCUT2D eigenvalue weighted by Crippen LogP contribution is 2.27. The summed E-state index contributed by atoms with van der Waals surface area (Å²) < 4.78 is 4.97. The highest BCUT2D eigenvalue weighted by Gasteiger charge is 2.07. The molecule has 0 atom stereocenters. The maximum atomic E-state index is 11.5. The first-order chi connectivity index (χ1) is 9.42. The summed E-state index contributed by atoms with van der Waals surface area (Å²) in [5.41, 5.74) is 0.360. The van der Waals surface area contributed by atoms with Crippen molar-refractivity contribution in [3.63, 3.8) is 0 Å². The molecular formula is C12H11ClN2O5. The summed E-state index contributed by atoms with van der Waals surface area (Å²) in [4.78, 5) is 32.8. The van der Waals surface area contributed by atoms with Gasteiger partial charge in [-0.15, -0.1) is 0 Å². The molecule has 1 rings (SSSR count). The van der Waals surface area contributed by atoms with E-state index in [1.807, 2.05) is 5.32 Å². The smallest absolute Gasteiger partial charge is 0.328 e. The number of nitrogens with one attached hydrogen (secondary N) is 2. The van der Waals surface area contributed by atoms with Crippen molar-refractivity contribution < 1.29 is 24.2 Å². The molecular weight excluding hydrogens is 288 g/mol. The summed E-state index contributed by atoms with van der Waals surface area (Å²) in [6.07, 6.45) is 1.35. The zero-order valence-electron chi connectivity index (χ0n) is 10.3. The molecule has 1 aromatic rings. The van der Waals surface area contributed by atoms with Gasteiger partial charge < -0.3 is 15.2 Å². The van der Waals surface area contributed by atoms with Gasteiger partial charge in [0, 0.05) is 23.9 Å². The van der Waals surface area contributed by atoms with Gasteiger partial charge in [-0.05, 0) is 12.1 Å². The van der Waals surface area contributed by atoms with Crippen LogP contribution in [0, 0.1) is 0 Å². The van der Waals surface area contributed by atoms with Gasteiger partial charge in [0.2, 0.25) is 0 Å². The van der Waals surface area contributed by atoms with Crippen LogP contribution in [0.5, 0.6) is 5.75 Å². The fourth-order valence-electron chi connectivity index (χ4n) is 1.20. The monoisotopic (exact) mass is 298 g/mol. The molecule has 0 saturated heterocycles. The lowest BCUT2D eigenvalue weighted by Crippen LogP contribution is -2.33. The van der Waals surface area contributed by atoms with E-state index in [0.29, 0.717) is 22.5 Å². The van der Waals surface area contributed by atoms with Crippen LogP contribution in [0.25, 0.3) is 0 Å². The lowest BCUT2D eigenvalue weighted by atomic mass is 10.3. The first-order valence-electron chi connectivity index (χ1n) is 5.29. The molecule has 0 saturated carbocycles. The standard InChI is InChI=1S/C12H11ClN2O5/c1-20-9-6-7(2-3-8(9)13)14-12(19)15-10(16)4-5-11(17)18/h2-6H,1H3,(H,17,18)(H2,14,15,16,19)/b5-4+. The van der Waals surface area contributed by atoms with Gasteiger partial charge in [0.25, 0.3) is 5.91 Å². The Bertz CT molecular complexity index is 571. The van der Waals surface area contributed by atoms with E-state index >= 15 is 0 Å². The highest BCUT2D eigenvalue weighted by atomic mass is 35.5. The van der Waals surface area contributed by atoms with Gasteiger partial charge >= 0.3 is 12.0 Å². The number of carboxylic acids is 1. The van der Waals surface area contributed by atoms with Crippen LogP contribution in [0.3, 0.4) is 0 Å². The van der Waals surface area contributed by atoms with Crippen molar-refractivity contribution >= 4 is 35.2 Å². The van der Waals surface area contributed by atoms with Crippen LogP contribution in [0.1, 0.15) is 0 Å². The number of imide groups is 1. The van der Waals surface area contributed by atoms with Crippen molar-refractivity contribution in [1.29, 1.82) is 0 Å². The highest BCUT2D eigenvalue weighted by molar-refractivity contribution is 6.32. The van der Waals surface area contributed by atoms with E-state index in [1.165, 1.54) is 25.3 Å². The third-order valence-electron chi connectivity index (χ3n) is 2.02. The van der Waals surface area contributed by atoms with Crippen LogP contribution >= 0.6 is 11.6 Å². The van der Waals surface area contributed by atoms with Crippen molar-refractivity contribution in [3.8, 4) is 5.75 Å². The van der Waals surface area contributed by atoms with Crippen LogP contribution in [0.15, 0.2) is 30.4 Å². The van der Waals surface area contributed by atoms with Gasteiger partial charge in [0.05, 0.1) is 12.1 Å². The Balaban J connectivity index is 2.62. The second kappa shape index (κ2) is 7.15. The van der Waals surface area contributed by atoms with Gasteiger partial charge in [-0.1, -0.05) is 11.6 Å². The molecule has 3 N–H and O–H groups in total. The van der Waals surface area contributed by atoms with E-state index < -0.39 is 17.9 Å². The number of ether oxygens (including phenoxy) is 1. The van der Waals surface area contributed by atoms with Gasteiger partial charge in [-0.3, -0.25) is 10.1 Å². The predicted molar refractivity (Wildman–Crippen MR) is 71.9 cm³/mol. The maximum absolute atomic E-state index is 11.5. The average Bonchev–Trinajstić information content (AvgIpc) is 2.38. The van der Waals surface area contributed by atoms with Crippen LogP contribution in [0.2, 0.25) is 5.02 Å². The number of anilines is 1. The number of urea groups is 1. The Morgan fingerprint density at radius 1 is 1.30 bits per heavy atom. The summed E-state index contributed by atoms with van der Waals surface area (Å²) in [5, 5.41) is 13.0. The number of carbonyl (C=O) groups is 3. The molecule has 0 aliphatic rings. The first-order valence-corrected chi connectivity index (χ1v) is 5.66. The number of rotatable bonds is 4. The van der Waals surface area contributed by atoms with Gasteiger partial charge in [0.1, 0.15) is 5.75 Å². The van der Waals surface area contributed by atoms with Crippen LogP contribution in [-0.2, 0) is 9.59 Å². The second-order valence-corrected chi connectivity index (χ2v) is 3.87. The Morgan fingerprint density at radius 3 is 2.60 bits per heavy atom. The van der Waals surface area contributed by atoms with Crippen molar-refractivity contribution in [2.75, 3.05) is 12.4 Å². The van der Waals surface area contributed by atoms with E-state index in [1.54, 1.807) is 0 Å².